The van der Waals surface area contributed by atoms with Crippen molar-refractivity contribution in [3.8, 4) is 6.07 Å². The molecule has 1 aromatic rings. The van der Waals surface area contributed by atoms with Crippen molar-refractivity contribution in [3.63, 3.8) is 0 Å². The molecule has 1 aromatic heterocycles. The molecule has 1 heterocycles. The largest absolute Gasteiger partial charge is 0.301 e. The van der Waals surface area contributed by atoms with Crippen molar-refractivity contribution in [2.45, 2.75) is 6.04 Å². The van der Waals surface area contributed by atoms with E-state index in [1.807, 2.05) is 11.4 Å². The summed E-state index contributed by atoms with van der Waals surface area (Å²) >= 11 is 4.94. The van der Waals surface area contributed by atoms with Crippen molar-refractivity contribution >= 4 is 27.3 Å². The topological polar surface area (TPSA) is 35.8 Å². The molecule has 0 radical (unpaired) electrons. The molecule has 1 atom stereocenters. The van der Waals surface area contributed by atoms with Gasteiger partial charge in [-0.1, -0.05) is 0 Å². The first-order valence-corrected chi connectivity index (χ1v) is 4.76. The maximum absolute atomic E-state index is 8.70. The minimum Gasteiger partial charge on any atom is -0.301 e. The molecule has 2 nitrogen and oxygen atoms in total. The van der Waals surface area contributed by atoms with Gasteiger partial charge in [0.05, 0.1) is 10.9 Å². The first kappa shape index (κ1) is 8.72. The van der Waals surface area contributed by atoms with Gasteiger partial charge in [-0.15, -0.1) is 11.3 Å². The van der Waals surface area contributed by atoms with Gasteiger partial charge in [-0.3, -0.25) is 0 Å². The Balaban J connectivity index is 2.92. The third-order valence-electron chi connectivity index (χ3n) is 1.32. The van der Waals surface area contributed by atoms with Gasteiger partial charge in [0, 0.05) is 4.47 Å². The van der Waals surface area contributed by atoms with Crippen LogP contribution in [0.5, 0.6) is 0 Å². The van der Waals surface area contributed by atoms with Crippen LogP contribution in [0.4, 0.5) is 0 Å². The van der Waals surface area contributed by atoms with Crippen molar-refractivity contribution in [1.29, 1.82) is 5.26 Å². The number of nitriles is 1. The number of hydrogen-bond acceptors (Lipinski definition) is 3. The molecule has 0 aliphatic carbocycles. The van der Waals surface area contributed by atoms with E-state index in [1.165, 1.54) is 0 Å². The number of hydrogen-bond donors (Lipinski definition) is 1. The predicted octanol–water partition coefficient (Wildman–Crippen LogP) is 2.29. The molecule has 0 fully saturated rings. The zero-order valence-corrected chi connectivity index (χ0v) is 8.37. The van der Waals surface area contributed by atoms with Crippen LogP contribution in [-0.2, 0) is 0 Å². The molecular weight excluding hydrogens is 224 g/mol. The summed E-state index contributed by atoms with van der Waals surface area (Å²) in [6.45, 7) is 0. The standard InChI is InChI=1S/C7H7BrN2S/c1-10-6(4-9)7-5(8)2-3-11-7/h2-3,6,10H,1H3. The Morgan fingerprint density at radius 3 is 2.91 bits per heavy atom. The lowest BCUT2D eigenvalue weighted by Gasteiger charge is -2.04. The van der Waals surface area contributed by atoms with E-state index in [0.717, 1.165) is 9.35 Å². The Hall–Kier alpha value is -0.370. The SMILES string of the molecule is CNC(C#N)c1sccc1Br. The summed E-state index contributed by atoms with van der Waals surface area (Å²) < 4.78 is 1.00. The summed E-state index contributed by atoms with van der Waals surface area (Å²) in [6.07, 6.45) is 0. The van der Waals surface area contributed by atoms with Gasteiger partial charge in [0.15, 0.2) is 0 Å². The number of halogens is 1. The van der Waals surface area contributed by atoms with Crippen LogP contribution in [0.15, 0.2) is 15.9 Å². The van der Waals surface area contributed by atoms with Crippen LogP contribution in [0, 0.1) is 11.3 Å². The number of nitrogens with zero attached hydrogens (tertiary/aromatic N) is 1. The maximum Gasteiger partial charge on any atom is 0.131 e. The number of nitrogens with one attached hydrogen (secondary N) is 1. The lowest BCUT2D eigenvalue weighted by atomic mass is 10.3. The predicted molar refractivity (Wildman–Crippen MR) is 49.4 cm³/mol. The Morgan fingerprint density at radius 1 is 1.82 bits per heavy atom. The Labute approximate surface area is 78.0 Å². The summed E-state index contributed by atoms with van der Waals surface area (Å²) in [6, 6.07) is 3.92. The molecule has 0 bridgehead atoms. The highest BCUT2D eigenvalue weighted by atomic mass is 79.9. The van der Waals surface area contributed by atoms with Gasteiger partial charge in [-0.25, -0.2) is 0 Å². The van der Waals surface area contributed by atoms with E-state index in [2.05, 4.69) is 27.3 Å². The van der Waals surface area contributed by atoms with Gasteiger partial charge < -0.3 is 5.32 Å². The monoisotopic (exact) mass is 230 g/mol. The molecule has 11 heavy (non-hydrogen) atoms. The van der Waals surface area contributed by atoms with Crippen molar-refractivity contribution < 1.29 is 0 Å². The van der Waals surface area contributed by atoms with E-state index in [1.54, 1.807) is 18.4 Å². The van der Waals surface area contributed by atoms with Crippen LogP contribution in [0.1, 0.15) is 10.9 Å². The fraction of sp³-hybridized carbons (Fsp3) is 0.286. The van der Waals surface area contributed by atoms with Crippen LogP contribution in [0.25, 0.3) is 0 Å². The molecule has 4 heteroatoms. The summed E-state index contributed by atoms with van der Waals surface area (Å²) in [5, 5.41) is 13.6. The molecule has 0 saturated carbocycles. The van der Waals surface area contributed by atoms with E-state index in [4.69, 9.17) is 5.26 Å². The smallest absolute Gasteiger partial charge is 0.131 e. The van der Waals surface area contributed by atoms with Crippen molar-refractivity contribution in [3.05, 3.63) is 20.8 Å². The Bertz CT molecular complexity index is 276. The highest BCUT2D eigenvalue weighted by Gasteiger charge is 2.11. The van der Waals surface area contributed by atoms with E-state index in [-0.39, 0.29) is 6.04 Å². The molecule has 0 saturated heterocycles. The van der Waals surface area contributed by atoms with Crippen LogP contribution in [-0.4, -0.2) is 7.05 Å². The molecule has 0 aliphatic rings. The molecule has 0 aliphatic heterocycles. The van der Waals surface area contributed by atoms with Gasteiger partial charge >= 0.3 is 0 Å². The molecule has 0 spiro atoms. The average Bonchev–Trinajstić information content (AvgIpc) is 2.40. The third-order valence-corrected chi connectivity index (χ3v) is 3.26. The molecule has 0 aromatic carbocycles. The van der Waals surface area contributed by atoms with Gasteiger partial charge in [-0.2, -0.15) is 5.26 Å². The summed E-state index contributed by atoms with van der Waals surface area (Å²) in [4.78, 5) is 1.04. The molecule has 58 valence electrons. The van der Waals surface area contributed by atoms with Crippen molar-refractivity contribution in [2.75, 3.05) is 7.05 Å². The molecule has 0 amide bonds. The highest BCUT2D eigenvalue weighted by Crippen LogP contribution is 2.28. The maximum atomic E-state index is 8.70. The minimum atomic E-state index is -0.190. The number of thiophene rings is 1. The van der Waals surface area contributed by atoms with E-state index < -0.39 is 0 Å². The first-order chi connectivity index (χ1) is 5.29. The highest BCUT2D eigenvalue weighted by molar-refractivity contribution is 9.10. The van der Waals surface area contributed by atoms with Crippen LogP contribution < -0.4 is 5.32 Å². The lowest BCUT2D eigenvalue weighted by molar-refractivity contribution is 0.737. The zero-order valence-electron chi connectivity index (χ0n) is 5.97. The van der Waals surface area contributed by atoms with E-state index in [9.17, 15) is 0 Å². The van der Waals surface area contributed by atoms with Crippen LogP contribution in [0.3, 0.4) is 0 Å². The van der Waals surface area contributed by atoms with Crippen molar-refractivity contribution in [1.82, 2.24) is 5.32 Å². The summed E-state index contributed by atoms with van der Waals surface area (Å²) in [5.41, 5.74) is 0. The average molecular weight is 231 g/mol. The lowest BCUT2D eigenvalue weighted by Crippen LogP contribution is -2.12. The normalized spacial score (nSPS) is 12.5. The van der Waals surface area contributed by atoms with Gasteiger partial charge in [-0.05, 0) is 34.4 Å². The summed E-state index contributed by atoms with van der Waals surface area (Å²) in [7, 11) is 1.78. The second-order valence-corrected chi connectivity index (χ2v) is 3.79. The van der Waals surface area contributed by atoms with E-state index in [0.29, 0.717) is 0 Å². The molecule has 1 rings (SSSR count). The zero-order chi connectivity index (χ0) is 8.27. The van der Waals surface area contributed by atoms with Crippen LogP contribution >= 0.6 is 27.3 Å². The van der Waals surface area contributed by atoms with Crippen molar-refractivity contribution in [2.24, 2.45) is 0 Å². The Kier molecular flexibility index (Phi) is 3.06. The number of rotatable bonds is 2. The molecule has 1 N–H and O–H groups in total. The van der Waals surface area contributed by atoms with E-state index >= 15 is 0 Å². The second-order valence-electron chi connectivity index (χ2n) is 1.98. The Morgan fingerprint density at radius 2 is 2.55 bits per heavy atom. The van der Waals surface area contributed by atoms with Crippen LogP contribution in [0.2, 0.25) is 0 Å². The third kappa shape index (κ3) is 1.80. The molecule has 1 unspecified atom stereocenters. The minimum absolute atomic E-state index is 0.190. The van der Waals surface area contributed by atoms with Gasteiger partial charge in [0.1, 0.15) is 6.04 Å². The fourth-order valence-corrected chi connectivity index (χ4v) is 2.42. The quantitative estimate of drug-likeness (QED) is 0.847. The van der Waals surface area contributed by atoms with Gasteiger partial charge in [0.25, 0.3) is 0 Å². The first-order valence-electron chi connectivity index (χ1n) is 3.09. The fourth-order valence-electron chi connectivity index (χ4n) is 0.766. The second kappa shape index (κ2) is 3.86. The summed E-state index contributed by atoms with van der Waals surface area (Å²) in [5.74, 6) is 0. The van der Waals surface area contributed by atoms with Gasteiger partial charge in [0.2, 0.25) is 0 Å². The molecular formula is C7H7BrN2S.